The molecule has 1 aromatic rings. The van der Waals surface area contributed by atoms with E-state index < -0.39 is 0 Å². The van der Waals surface area contributed by atoms with Crippen molar-refractivity contribution in [1.82, 2.24) is 15.1 Å². The number of aromatic nitrogens is 2. The summed E-state index contributed by atoms with van der Waals surface area (Å²) >= 11 is 2.02. The topological polar surface area (TPSA) is 56.1 Å². The molecule has 0 amide bonds. The molecule has 1 saturated heterocycles. The highest BCUT2D eigenvalue weighted by Gasteiger charge is 2.18. The molecule has 1 fully saturated rings. The number of ether oxygens (including phenoxy) is 1. The van der Waals surface area contributed by atoms with Gasteiger partial charge in [0.2, 0.25) is 0 Å². The Morgan fingerprint density at radius 3 is 3.21 bits per heavy atom. The van der Waals surface area contributed by atoms with Crippen LogP contribution in [0, 0.1) is 5.92 Å². The lowest BCUT2D eigenvalue weighted by Crippen LogP contribution is -2.24. The molecular weight excluding hydrogens is 262 g/mol. The zero-order valence-electron chi connectivity index (χ0n) is 11.5. The first kappa shape index (κ1) is 14.4. The van der Waals surface area contributed by atoms with Crippen LogP contribution in [0.4, 0.5) is 0 Å². The largest absolute Gasteiger partial charge is 0.462 e. The molecule has 0 bridgehead atoms. The fourth-order valence-electron chi connectivity index (χ4n) is 2.19. The van der Waals surface area contributed by atoms with Crippen LogP contribution in [-0.4, -0.2) is 40.4 Å². The van der Waals surface area contributed by atoms with Crippen LogP contribution >= 0.6 is 11.8 Å². The summed E-state index contributed by atoms with van der Waals surface area (Å²) < 4.78 is 6.78. The highest BCUT2D eigenvalue weighted by atomic mass is 32.2. The van der Waals surface area contributed by atoms with Crippen LogP contribution < -0.4 is 5.32 Å². The lowest BCUT2D eigenvalue weighted by atomic mass is 10.1. The third kappa shape index (κ3) is 3.73. The van der Waals surface area contributed by atoms with Gasteiger partial charge in [-0.25, -0.2) is 4.79 Å². The molecule has 1 aliphatic heterocycles. The minimum absolute atomic E-state index is 0.288. The molecule has 2 rings (SSSR count). The fraction of sp³-hybridized carbons (Fsp3) is 0.692. The number of nitrogens with one attached hydrogen (secondary N) is 1. The number of esters is 1. The molecule has 19 heavy (non-hydrogen) atoms. The number of rotatable bonds is 6. The molecule has 6 heteroatoms. The molecule has 106 valence electrons. The number of carbonyl (C=O) groups is 1. The Hall–Kier alpha value is -1.01. The van der Waals surface area contributed by atoms with Crippen LogP contribution in [0.3, 0.4) is 0 Å². The summed E-state index contributed by atoms with van der Waals surface area (Å²) in [5, 5.41) is 7.57. The van der Waals surface area contributed by atoms with Gasteiger partial charge < -0.3 is 10.1 Å². The summed E-state index contributed by atoms with van der Waals surface area (Å²) in [4.78, 5) is 11.8. The summed E-state index contributed by atoms with van der Waals surface area (Å²) in [6, 6.07) is 0. The number of hydrogen-bond donors (Lipinski definition) is 1. The van der Waals surface area contributed by atoms with Crippen molar-refractivity contribution in [2.45, 2.75) is 19.9 Å². The summed E-state index contributed by atoms with van der Waals surface area (Å²) in [6.45, 7) is 3.86. The van der Waals surface area contributed by atoms with Gasteiger partial charge in [-0.1, -0.05) is 0 Å². The van der Waals surface area contributed by atoms with Crippen molar-refractivity contribution in [3.05, 3.63) is 17.5 Å². The Morgan fingerprint density at radius 2 is 2.53 bits per heavy atom. The maximum absolute atomic E-state index is 11.8. The second-order valence-corrected chi connectivity index (χ2v) is 5.86. The second kappa shape index (κ2) is 6.96. The summed E-state index contributed by atoms with van der Waals surface area (Å²) in [6.07, 6.45) is 2.87. The van der Waals surface area contributed by atoms with Crippen LogP contribution in [0.5, 0.6) is 0 Å². The van der Waals surface area contributed by atoms with E-state index in [4.69, 9.17) is 4.74 Å². The Balaban J connectivity index is 1.91. The lowest BCUT2D eigenvalue weighted by molar-refractivity contribution is 0.0524. The minimum Gasteiger partial charge on any atom is -0.462 e. The molecule has 2 heterocycles. The van der Waals surface area contributed by atoms with E-state index >= 15 is 0 Å². The van der Waals surface area contributed by atoms with E-state index in [0.29, 0.717) is 18.7 Å². The fourth-order valence-corrected chi connectivity index (χ4v) is 3.48. The maximum atomic E-state index is 11.8. The van der Waals surface area contributed by atoms with Crippen molar-refractivity contribution in [3.8, 4) is 0 Å². The van der Waals surface area contributed by atoms with E-state index in [1.54, 1.807) is 10.9 Å². The van der Waals surface area contributed by atoms with Gasteiger partial charge in [0.25, 0.3) is 0 Å². The molecule has 5 nitrogen and oxygen atoms in total. The number of carbonyl (C=O) groups excluding carboxylic acids is 1. The van der Waals surface area contributed by atoms with E-state index in [0.717, 1.165) is 18.2 Å². The highest BCUT2D eigenvalue weighted by molar-refractivity contribution is 7.99. The predicted octanol–water partition coefficient (Wildman–Crippen LogP) is 1.44. The normalized spacial score (nSPS) is 18.7. The minimum atomic E-state index is -0.288. The van der Waals surface area contributed by atoms with Gasteiger partial charge >= 0.3 is 5.97 Å². The monoisotopic (exact) mass is 283 g/mol. The number of nitrogens with zero attached hydrogens (tertiary/aromatic N) is 2. The van der Waals surface area contributed by atoms with Gasteiger partial charge in [-0.05, 0) is 37.3 Å². The van der Waals surface area contributed by atoms with Gasteiger partial charge in [0, 0.05) is 13.6 Å². The van der Waals surface area contributed by atoms with Crippen LogP contribution in [0.1, 0.15) is 29.4 Å². The Morgan fingerprint density at radius 1 is 1.68 bits per heavy atom. The zero-order chi connectivity index (χ0) is 13.7. The first-order valence-corrected chi connectivity index (χ1v) is 7.84. The second-order valence-electron chi connectivity index (χ2n) is 4.71. The molecule has 1 N–H and O–H groups in total. The molecule has 1 atom stereocenters. The SMILES string of the molecule is CCOC(=O)c1cnn(C)c1CNCC1CCSC1. The van der Waals surface area contributed by atoms with Gasteiger partial charge in [-0.2, -0.15) is 16.9 Å². The average molecular weight is 283 g/mol. The molecule has 0 saturated carbocycles. The molecule has 0 radical (unpaired) electrons. The van der Waals surface area contributed by atoms with Crippen LogP contribution in [0.2, 0.25) is 0 Å². The van der Waals surface area contributed by atoms with Crippen molar-refractivity contribution in [2.24, 2.45) is 13.0 Å². The smallest absolute Gasteiger partial charge is 0.341 e. The number of aryl methyl sites for hydroxylation is 1. The number of thioether (sulfide) groups is 1. The molecular formula is C13H21N3O2S. The van der Waals surface area contributed by atoms with E-state index in [9.17, 15) is 4.79 Å². The van der Waals surface area contributed by atoms with E-state index in [1.807, 2.05) is 25.7 Å². The van der Waals surface area contributed by atoms with Gasteiger partial charge in [-0.3, -0.25) is 4.68 Å². The van der Waals surface area contributed by atoms with E-state index in [2.05, 4.69) is 10.4 Å². The third-order valence-electron chi connectivity index (χ3n) is 3.31. The van der Waals surface area contributed by atoms with Crippen molar-refractivity contribution >= 4 is 17.7 Å². The highest BCUT2D eigenvalue weighted by Crippen LogP contribution is 2.22. The Labute approximate surface area is 118 Å². The average Bonchev–Trinajstić information content (AvgIpc) is 3.01. The predicted molar refractivity (Wildman–Crippen MR) is 76.3 cm³/mol. The van der Waals surface area contributed by atoms with E-state index in [1.165, 1.54) is 17.9 Å². The molecule has 0 spiro atoms. The first-order valence-electron chi connectivity index (χ1n) is 6.68. The first-order chi connectivity index (χ1) is 9.22. The number of hydrogen-bond acceptors (Lipinski definition) is 5. The van der Waals surface area contributed by atoms with Crippen LogP contribution in [-0.2, 0) is 18.3 Å². The quantitative estimate of drug-likeness (QED) is 0.801. The summed E-state index contributed by atoms with van der Waals surface area (Å²) in [5.74, 6) is 2.98. The van der Waals surface area contributed by atoms with Gasteiger partial charge in [0.05, 0.1) is 18.5 Å². The van der Waals surface area contributed by atoms with E-state index in [-0.39, 0.29) is 5.97 Å². The molecule has 0 aromatic carbocycles. The van der Waals surface area contributed by atoms with Crippen molar-refractivity contribution < 1.29 is 9.53 Å². The summed E-state index contributed by atoms with van der Waals surface area (Å²) in [7, 11) is 1.85. The summed E-state index contributed by atoms with van der Waals surface area (Å²) in [5.41, 5.74) is 1.46. The molecule has 0 aliphatic carbocycles. The molecule has 1 aromatic heterocycles. The van der Waals surface area contributed by atoms with Crippen molar-refractivity contribution in [1.29, 1.82) is 0 Å². The Bertz CT molecular complexity index is 428. The molecule has 1 unspecified atom stereocenters. The van der Waals surface area contributed by atoms with Crippen LogP contribution in [0.25, 0.3) is 0 Å². The molecule has 1 aliphatic rings. The van der Waals surface area contributed by atoms with Gasteiger partial charge in [0.1, 0.15) is 5.56 Å². The standard InChI is InChI=1S/C13H21N3O2S/c1-3-18-13(17)11-7-15-16(2)12(11)8-14-6-10-4-5-19-9-10/h7,10,14H,3-6,8-9H2,1-2H3. The van der Waals surface area contributed by atoms with Crippen molar-refractivity contribution in [2.75, 3.05) is 24.7 Å². The van der Waals surface area contributed by atoms with Gasteiger partial charge in [-0.15, -0.1) is 0 Å². The Kier molecular flexibility index (Phi) is 5.27. The maximum Gasteiger partial charge on any atom is 0.341 e. The van der Waals surface area contributed by atoms with Gasteiger partial charge in [0.15, 0.2) is 0 Å². The van der Waals surface area contributed by atoms with Crippen LogP contribution in [0.15, 0.2) is 6.20 Å². The lowest BCUT2D eigenvalue weighted by Gasteiger charge is -2.11. The zero-order valence-corrected chi connectivity index (χ0v) is 12.3. The van der Waals surface area contributed by atoms with Crippen molar-refractivity contribution in [3.63, 3.8) is 0 Å². The third-order valence-corrected chi connectivity index (χ3v) is 4.54.